The van der Waals surface area contributed by atoms with Gasteiger partial charge in [0.15, 0.2) is 11.5 Å². The van der Waals surface area contributed by atoms with E-state index in [9.17, 15) is 5.11 Å². The lowest BCUT2D eigenvalue weighted by Crippen LogP contribution is -2.29. The molecule has 1 aliphatic rings. The number of halogens is 1. The van der Waals surface area contributed by atoms with Crippen molar-refractivity contribution in [2.24, 2.45) is 0 Å². The molecule has 0 amide bonds. The van der Waals surface area contributed by atoms with Crippen molar-refractivity contribution in [2.75, 3.05) is 14.2 Å². The van der Waals surface area contributed by atoms with Crippen LogP contribution in [0.15, 0.2) is 16.6 Å². The molecule has 1 aromatic rings. The fourth-order valence-electron chi connectivity index (χ4n) is 2.57. The fourth-order valence-corrected chi connectivity index (χ4v) is 3.15. The summed E-state index contributed by atoms with van der Waals surface area (Å²) in [5.74, 6) is 1.34. The highest BCUT2D eigenvalue weighted by molar-refractivity contribution is 9.10. The van der Waals surface area contributed by atoms with Gasteiger partial charge in [-0.3, -0.25) is 0 Å². The second-order valence-electron chi connectivity index (χ2n) is 5.03. The first-order valence-electron chi connectivity index (χ1n) is 6.84. The Bertz CT molecular complexity index is 450. The minimum absolute atomic E-state index is 0.0234. The molecule has 0 radical (unpaired) electrons. The van der Waals surface area contributed by atoms with Gasteiger partial charge in [-0.05, 0) is 52.9 Å². The van der Waals surface area contributed by atoms with E-state index in [4.69, 9.17) is 14.2 Å². The molecule has 0 aliphatic heterocycles. The molecule has 1 aliphatic carbocycles. The topological polar surface area (TPSA) is 47.9 Å². The Morgan fingerprint density at radius 3 is 2.65 bits per heavy atom. The van der Waals surface area contributed by atoms with Crippen molar-refractivity contribution in [3.63, 3.8) is 0 Å². The van der Waals surface area contributed by atoms with Crippen LogP contribution in [0.4, 0.5) is 0 Å². The zero-order chi connectivity index (χ0) is 14.5. The number of benzene rings is 1. The monoisotopic (exact) mass is 344 g/mol. The van der Waals surface area contributed by atoms with Crippen molar-refractivity contribution in [2.45, 2.75) is 44.5 Å². The maximum Gasteiger partial charge on any atom is 0.175 e. The van der Waals surface area contributed by atoms with Gasteiger partial charge in [0.25, 0.3) is 0 Å². The molecule has 2 unspecified atom stereocenters. The van der Waals surface area contributed by atoms with Crippen LogP contribution in [0.3, 0.4) is 0 Å². The third-order valence-electron chi connectivity index (χ3n) is 3.67. The Hall–Kier alpha value is -0.780. The molecule has 0 aromatic heterocycles. The van der Waals surface area contributed by atoms with Gasteiger partial charge in [-0.25, -0.2) is 0 Å². The van der Waals surface area contributed by atoms with E-state index in [0.29, 0.717) is 11.5 Å². The van der Waals surface area contributed by atoms with Crippen LogP contribution < -0.4 is 9.47 Å². The van der Waals surface area contributed by atoms with Crippen LogP contribution in [-0.2, 0) is 11.3 Å². The van der Waals surface area contributed by atoms with Gasteiger partial charge >= 0.3 is 0 Å². The molecule has 2 rings (SSSR count). The van der Waals surface area contributed by atoms with E-state index in [0.717, 1.165) is 35.7 Å². The van der Waals surface area contributed by atoms with Crippen molar-refractivity contribution in [1.82, 2.24) is 0 Å². The number of aliphatic hydroxyl groups is 1. The zero-order valence-corrected chi connectivity index (χ0v) is 13.5. The summed E-state index contributed by atoms with van der Waals surface area (Å²) in [5, 5.41) is 9.23. The Labute approximate surface area is 128 Å². The van der Waals surface area contributed by atoms with E-state index in [1.54, 1.807) is 20.3 Å². The minimum atomic E-state index is -0.0234. The van der Waals surface area contributed by atoms with Crippen LogP contribution in [0, 0.1) is 0 Å². The van der Waals surface area contributed by atoms with Gasteiger partial charge in [0.05, 0.1) is 24.3 Å². The summed E-state index contributed by atoms with van der Waals surface area (Å²) < 4.78 is 17.7. The van der Waals surface area contributed by atoms with Gasteiger partial charge in [-0.1, -0.05) is 0 Å². The van der Waals surface area contributed by atoms with Crippen LogP contribution in [0.25, 0.3) is 0 Å². The molecule has 1 fully saturated rings. The first kappa shape index (κ1) is 15.6. The first-order valence-corrected chi connectivity index (χ1v) is 7.64. The largest absolute Gasteiger partial charge is 0.493 e. The highest BCUT2D eigenvalue weighted by Gasteiger charge is 2.25. The van der Waals surface area contributed by atoms with Crippen LogP contribution in [0.5, 0.6) is 11.5 Å². The average Bonchev–Trinajstić information content (AvgIpc) is 2.49. The third kappa shape index (κ3) is 3.65. The van der Waals surface area contributed by atoms with Crippen LogP contribution in [0.2, 0.25) is 0 Å². The summed E-state index contributed by atoms with van der Waals surface area (Å²) in [4.78, 5) is 0. The summed E-state index contributed by atoms with van der Waals surface area (Å²) in [6, 6.07) is 3.66. The summed E-state index contributed by atoms with van der Waals surface area (Å²) in [5.41, 5.74) is 0.791. The first-order chi connectivity index (χ1) is 9.67. The maximum absolute atomic E-state index is 9.23. The van der Waals surface area contributed by atoms with Crippen molar-refractivity contribution in [1.29, 1.82) is 0 Å². The molecule has 0 bridgehead atoms. The second kappa shape index (κ2) is 7.29. The summed E-state index contributed by atoms with van der Waals surface area (Å²) in [7, 11) is 3.36. The van der Waals surface area contributed by atoms with Gasteiger partial charge in [-0.2, -0.15) is 0 Å². The molecular formula is C15H21BrO4. The predicted octanol–water partition coefficient (Wildman–Crippen LogP) is 3.29. The zero-order valence-electron chi connectivity index (χ0n) is 11.9. The maximum atomic E-state index is 9.23. The lowest BCUT2D eigenvalue weighted by Gasteiger charge is -2.29. The third-order valence-corrected chi connectivity index (χ3v) is 4.26. The normalized spacial score (nSPS) is 22.6. The van der Waals surface area contributed by atoms with Crippen LogP contribution in [0.1, 0.15) is 31.2 Å². The van der Waals surface area contributed by atoms with Crippen LogP contribution >= 0.6 is 15.9 Å². The summed E-state index contributed by atoms with van der Waals surface area (Å²) in [6.45, 7) is -0.0234. The Morgan fingerprint density at radius 1 is 1.25 bits per heavy atom. The lowest BCUT2D eigenvalue weighted by atomic mass is 9.95. The number of ether oxygens (including phenoxy) is 3. The number of hydrogen-bond acceptors (Lipinski definition) is 4. The molecule has 0 heterocycles. The Kier molecular flexibility index (Phi) is 5.69. The highest BCUT2D eigenvalue weighted by Crippen LogP contribution is 2.39. The molecule has 0 spiro atoms. The molecule has 2 atom stereocenters. The van der Waals surface area contributed by atoms with E-state index in [1.807, 2.05) is 6.07 Å². The van der Waals surface area contributed by atoms with Gasteiger partial charge in [0.2, 0.25) is 0 Å². The molecule has 1 saturated carbocycles. The molecule has 4 nitrogen and oxygen atoms in total. The van der Waals surface area contributed by atoms with E-state index in [1.165, 1.54) is 0 Å². The van der Waals surface area contributed by atoms with Gasteiger partial charge in [0, 0.05) is 13.5 Å². The summed E-state index contributed by atoms with van der Waals surface area (Å²) >= 11 is 3.49. The minimum Gasteiger partial charge on any atom is -0.493 e. The van der Waals surface area contributed by atoms with Crippen molar-refractivity contribution < 1.29 is 19.3 Å². The quantitative estimate of drug-likeness (QED) is 0.890. The standard InChI is InChI=1S/C15H21BrO4/c1-18-11-4-3-5-12(8-11)20-15-13(16)6-10(9-17)7-14(15)19-2/h6-7,11-12,17H,3-5,8-9H2,1-2H3. The molecule has 112 valence electrons. The summed E-state index contributed by atoms with van der Waals surface area (Å²) in [6.07, 6.45) is 4.54. The number of methoxy groups -OCH3 is 2. The second-order valence-corrected chi connectivity index (χ2v) is 5.89. The fraction of sp³-hybridized carbons (Fsp3) is 0.600. The molecule has 20 heavy (non-hydrogen) atoms. The van der Waals surface area contributed by atoms with E-state index >= 15 is 0 Å². The SMILES string of the molecule is COc1cc(CO)cc(Br)c1OC1CCCC(OC)C1. The van der Waals surface area contributed by atoms with Crippen molar-refractivity contribution >= 4 is 15.9 Å². The number of rotatable bonds is 5. The van der Waals surface area contributed by atoms with E-state index in [2.05, 4.69) is 15.9 Å². The average molecular weight is 345 g/mol. The molecular weight excluding hydrogens is 324 g/mol. The number of hydrogen-bond donors (Lipinski definition) is 1. The van der Waals surface area contributed by atoms with E-state index < -0.39 is 0 Å². The Morgan fingerprint density at radius 2 is 2.00 bits per heavy atom. The molecule has 0 saturated heterocycles. The lowest BCUT2D eigenvalue weighted by molar-refractivity contribution is 0.0199. The predicted molar refractivity (Wildman–Crippen MR) is 80.3 cm³/mol. The molecule has 5 heteroatoms. The van der Waals surface area contributed by atoms with E-state index in [-0.39, 0.29) is 18.8 Å². The van der Waals surface area contributed by atoms with Gasteiger partial charge in [0.1, 0.15) is 6.10 Å². The Balaban J connectivity index is 2.15. The van der Waals surface area contributed by atoms with Gasteiger partial charge < -0.3 is 19.3 Å². The van der Waals surface area contributed by atoms with Crippen molar-refractivity contribution in [3.05, 3.63) is 22.2 Å². The highest BCUT2D eigenvalue weighted by atomic mass is 79.9. The van der Waals surface area contributed by atoms with Gasteiger partial charge in [-0.15, -0.1) is 0 Å². The smallest absolute Gasteiger partial charge is 0.175 e. The molecule has 1 aromatic carbocycles. The van der Waals surface area contributed by atoms with Crippen molar-refractivity contribution in [3.8, 4) is 11.5 Å². The van der Waals surface area contributed by atoms with Crippen LogP contribution in [-0.4, -0.2) is 31.5 Å². The number of aliphatic hydroxyl groups excluding tert-OH is 1. The molecule has 1 N–H and O–H groups in total.